The Kier molecular flexibility index (Phi) is 5.46. The number of halogens is 2. The lowest BCUT2D eigenvalue weighted by Crippen LogP contribution is -2.40. The zero-order chi connectivity index (χ0) is 13.8. The quantitative estimate of drug-likeness (QED) is 0.582. The van der Waals surface area contributed by atoms with Gasteiger partial charge in [-0.15, -0.1) is 0 Å². The van der Waals surface area contributed by atoms with Gasteiger partial charge < -0.3 is 5.32 Å². The Morgan fingerprint density at radius 2 is 2.00 bits per heavy atom. The molecule has 1 amide bonds. The van der Waals surface area contributed by atoms with Crippen LogP contribution in [0.5, 0.6) is 0 Å². The van der Waals surface area contributed by atoms with Gasteiger partial charge in [-0.3, -0.25) is 4.79 Å². The summed E-state index contributed by atoms with van der Waals surface area (Å²) in [6.45, 7) is 2.00. The van der Waals surface area contributed by atoms with Crippen molar-refractivity contribution < 1.29 is 4.79 Å². The normalized spacial score (nSPS) is 23.7. The van der Waals surface area contributed by atoms with Crippen LogP contribution in [-0.2, 0) is 0 Å². The molecule has 1 aromatic rings. The molecule has 1 saturated carbocycles. The molecule has 0 heterocycles. The SMILES string of the molecule is Cc1cc(C(=O)NC2CCCCCC2Br)ccc1Br. The average Bonchev–Trinajstić information content (AvgIpc) is 2.58. The largest absolute Gasteiger partial charge is 0.348 e. The molecule has 2 nitrogen and oxygen atoms in total. The molecule has 2 rings (SSSR count). The van der Waals surface area contributed by atoms with Crippen molar-refractivity contribution >= 4 is 37.8 Å². The Labute approximate surface area is 131 Å². The maximum atomic E-state index is 12.3. The second-order valence-corrected chi connectivity index (χ2v) is 7.23. The minimum absolute atomic E-state index is 0.0342. The van der Waals surface area contributed by atoms with Crippen molar-refractivity contribution in [2.75, 3.05) is 0 Å². The van der Waals surface area contributed by atoms with Gasteiger partial charge in [0, 0.05) is 20.9 Å². The van der Waals surface area contributed by atoms with Crippen molar-refractivity contribution in [1.82, 2.24) is 5.32 Å². The first-order valence-electron chi connectivity index (χ1n) is 6.79. The molecule has 1 aromatic carbocycles. The van der Waals surface area contributed by atoms with Crippen LogP contribution in [-0.4, -0.2) is 16.8 Å². The fourth-order valence-electron chi connectivity index (χ4n) is 2.46. The number of carbonyl (C=O) groups excluding carboxylic acids is 1. The highest BCUT2D eigenvalue weighted by Gasteiger charge is 2.23. The minimum atomic E-state index is 0.0342. The summed E-state index contributed by atoms with van der Waals surface area (Å²) in [4.78, 5) is 12.7. The first-order valence-corrected chi connectivity index (χ1v) is 8.50. The second kappa shape index (κ2) is 6.89. The van der Waals surface area contributed by atoms with Gasteiger partial charge in [0.15, 0.2) is 0 Å². The van der Waals surface area contributed by atoms with Crippen molar-refractivity contribution in [3.8, 4) is 0 Å². The third kappa shape index (κ3) is 4.06. The second-order valence-electron chi connectivity index (χ2n) is 5.20. The van der Waals surface area contributed by atoms with Crippen LogP contribution >= 0.6 is 31.9 Å². The number of amides is 1. The van der Waals surface area contributed by atoms with E-state index in [0.29, 0.717) is 4.83 Å². The first kappa shape index (κ1) is 15.0. The van der Waals surface area contributed by atoms with E-state index in [0.717, 1.165) is 28.4 Å². The number of rotatable bonds is 2. The van der Waals surface area contributed by atoms with Crippen molar-refractivity contribution in [3.05, 3.63) is 33.8 Å². The van der Waals surface area contributed by atoms with Crippen molar-refractivity contribution in [1.29, 1.82) is 0 Å². The third-order valence-electron chi connectivity index (χ3n) is 3.67. The lowest BCUT2D eigenvalue weighted by atomic mass is 10.1. The van der Waals surface area contributed by atoms with E-state index in [9.17, 15) is 4.79 Å². The number of aryl methyl sites for hydroxylation is 1. The molecule has 0 aromatic heterocycles. The average molecular weight is 389 g/mol. The molecule has 0 radical (unpaired) electrons. The van der Waals surface area contributed by atoms with Crippen LogP contribution in [0.25, 0.3) is 0 Å². The zero-order valence-corrected chi connectivity index (χ0v) is 14.3. The molecule has 1 N–H and O–H groups in total. The topological polar surface area (TPSA) is 29.1 Å². The molecule has 1 aliphatic carbocycles. The van der Waals surface area contributed by atoms with E-state index in [1.807, 2.05) is 25.1 Å². The molecule has 19 heavy (non-hydrogen) atoms. The van der Waals surface area contributed by atoms with Crippen molar-refractivity contribution in [2.24, 2.45) is 0 Å². The van der Waals surface area contributed by atoms with E-state index < -0.39 is 0 Å². The summed E-state index contributed by atoms with van der Waals surface area (Å²) in [6.07, 6.45) is 5.93. The monoisotopic (exact) mass is 387 g/mol. The number of hydrogen-bond acceptors (Lipinski definition) is 1. The van der Waals surface area contributed by atoms with Crippen LogP contribution in [0.1, 0.15) is 48.0 Å². The summed E-state index contributed by atoms with van der Waals surface area (Å²) in [6, 6.07) is 5.98. The number of carbonyl (C=O) groups is 1. The van der Waals surface area contributed by atoms with Gasteiger partial charge in [0.05, 0.1) is 0 Å². The van der Waals surface area contributed by atoms with Gasteiger partial charge in [0.25, 0.3) is 5.91 Å². The zero-order valence-electron chi connectivity index (χ0n) is 11.1. The third-order valence-corrected chi connectivity index (χ3v) is 5.65. The minimum Gasteiger partial charge on any atom is -0.348 e. The molecule has 2 atom stereocenters. The Balaban J connectivity index is 2.05. The molecule has 0 spiro atoms. The highest BCUT2D eigenvalue weighted by Crippen LogP contribution is 2.24. The van der Waals surface area contributed by atoms with Crippen molar-refractivity contribution in [2.45, 2.75) is 49.9 Å². The van der Waals surface area contributed by atoms with Crippen LogP contribution in [0.4, 0.5) is 0 Å². The summed E-state index contributed by atoms with van der Waals surface area (Å²) in [5.74, 6) is 0.0342. The molecule has 1 fully saturated rings. The van der Waals surface area contributed by atoms with Gasteiger partial charge in [0.1, 0.15) is 0 Å². The molecular weight excluding hydrogens is 370 g/mol. The van der Waals surface area contributed by atoms with Gasteiger partial charge >= 0.3 is 0 Å². The molecule has 0 bridgehead atoms. The van der Waals surface area contributed by atoms with Crippen LogP contribution in [0, 0.1) is 6.92 Å². The number of hydrogen-bond donors (Lipinski definition) is 1. The van der Waals surface area contributed by atoms with E-state index in [1.54, 1.807) is 0 Å². The highest BCUT2D eigenvalue weighted by molar-refractivity contribution is 9.10. The Bertz CT molecular complexity index is 461. The van der Waals surface area contributed by atoms with E-state index in [1.165, 1.54) is 19.3 Å². The highest BCUT2D eigenvalue weighted by atomic mass is 79.9. The Morgan fingerprint density at radius 3 is 2.74 bits per heavy atom. The van der Waals surface area contributed by atoms with Gasteiger partial charge in [0.2, 0.25) is 0 Å². The summed E-state index contributed by atoms with van der Waals surface area (Å²) in [5, 5.41) is 3.17. The maximum Gasteiger partial charge on any atom is 0.251 e. The fourth-order valence-corrected chi connectivity index (χ4v) is 3.43. The number of nitrogens with one attached hydrogen (secondary N) is 1. The first-order chi connectivity index (χ1) is 9.08. The van der Waals surface area contributed by atoms with E-state index in [-0.39, 0.29) is 11.9 Å². The molecule has 4 heteroatoms. The van der Waals surface area contributed by atoms with Gasteiger partial charge in [-0.1, -0.05) is 51.1 Å². The molecule has 104 valence electrons. The summed E-state index contributed by atoms with van der Waals surface area (Å²) >= 11 is 7.17. The Morgan fingerprint density at radius 1 is 1.26 bits per heavy atom. The van der Waals surface area contributed by atoms with E-state index >= 15 is 0 Å². The lowest BCUT2D eigenvalue weighted by Gasteiger charge is -2.21. The molecular formula is C15H19Br2NO. The van der Waals surface area contributed by atoms with Crippen molar-refractivity contribution in [3.63, 3.8) is 0 Å². The van der Waals surface area contributed by atoms with Crippen LogP contribution < -0.4 is 5.32 Å². The summed E-state index contributed by atoms with van der Waals surface area (Å²) < 4.78 is 1.04. The predicted molar refractivity (Wildman–Crippen MR) is 85.9 cm³/mol. The fraction of sp³-hybridized carbons (Fsp3) is 0.533. The molecule has 0 aliphatic heterocycles. The van der Waals surface area contributed by atoms with Crippen LogP contribution in [0.15, 0.2) is 22.7 Å². The summed E-state index contributed by atoms with van der Waals surface area (Å²) in [5.41, 5.74) is 1.83. The maximum absolute atomic E-state index is 12.3. The lowest BCUT2D eigenvalue weighted by molar-refractivity contribution is 0.0934. The molecule has 2 unspecified atom stereocenters. The number of alkyl halides is 1. The van der Waals surface area contributed by atoms with Gasteiger partial charge in [-0.05, 0) is 43.5 Å². The summed E-state index contributed by atoms with van der Waals surface area (Å²) in [7, 11) is 0. The molecule has 1 aliphatic rings. The van der Waals surface area contributed by atoms with Gasteiger partial charge in [-0.2, -0.15) is 0 Å². The number of benzene rings is 1. The van der Waals surface area contributed by atoms with Gasteiger partial charge in [-0.25, -0.2) is 0 Å². The van der Waals surface area contributed by atoms with E-state index in [2.05, 4.69) is 37.2 Å². The Hall–Kier alpha value is -0.350. The predicted octanol–water partition coefficient (Wildman–Crippen LogP) is 4.58. The smallest absolute Gasteiger partial charge is 0.251 e. The standard InChI is InChI=1S/C15H19Br2NO/c1-10-9-11(7-8-12(10)16)15(19)18-14-6-4-2-3-5-13(14)17/h7-9,13-14H,2-6H2,1H3,(H,18,19). The molecule has 0 saturated heterocycles. The van der Waals surface area contributed by atoms with Crippen LogP contribution in [0.2, 0.25) is 0 Å². The van der Waals surface area contributed by atoms with Crippen LogP contribution in [0.3, 0.4) is 0 Å². The van der Waals surface area contributed by atoms with E-state index in [4.69, 9.17) is 0 Å².